The Hall–Kier alpha value is -2.37. The number of carboxylic acid groups (broad SMARTS) is 1. The predicted octanol–water partition coefficient (Wildman–Crippen LogP) is 2.24. The minimum Gasteiger partial charge on any atom is -0.479 e. The first kappa shape index (κ1) is 19.7. The van der Waals surface area contributed by atoms with Gasteiger partial charge in [0, 0.05) is 18.9 Å². The fraction of sp³-hybridized carbons (Fsp3) is 0.500. The largest absolute Gasteiger partial charge is 0.479 e. The lowest BCUT2D eigenvalue weighted by Gasteiger charge is -2.18. The lowest BCUT2D eigenvalue weighted by molar-refractivity contribution is -0.142. The van der Waals surface area contributed by atoms with E-state index in [1.54, 1.807) is 12.1 Å². The number of nitrogens with one attached hydrogen (secondary N) is 2. The Balaban J connectivity index is 2.63. The van der Waals surface area contributed by atoms with Crippen LogP contribution in [0.25, 0.3) is 0 Å². The molecule has 0 radical (unpaired) electrons. The highest BCUT2D eigenvalue weighted by Gasteiger charge is 2.24. The number of carbonyl (C=O) groups excluding carboxylic acids is 2. The molecule has 1 rings (SSSR count). The summed E-state index contributed by atoms with van der Waals surface area (Å²) in [6.45, 7) is 7.47. The SMILES string of the molecule is Cc1cccc(C(NC(=O)CCCC(=O)NC(C)C)C(=O)O)c1C. The Morgan fingerprint density at radius 1 is 1.04 bits per heavy atom. The Morgan fingerprint density at radius 3 is 2.17 bits per heavy atom. The van der Waals surface area contributed by atoms with Gasteiger partial charge in [0.05, 0.1) is 0 Å². The number of aryl methyl sites for hydroxylation is 1. The van der Waals surface area contributed by atoms with Gasteiger partial charge in [-0.05, 0) is 50.8 Å². The van der Waals surface area contributed by atoms with Crippen LogP contribution in [0.2, 0.25) is 0 Å². The fourth-order valence-electron chi connectivity index (χ4n) is 2.40. The summed E-state index contributed by atoms with van der Waals surface area (Å²) < 4.78 is 0. The van der Waals surface area contributed by atoms with Crippen molar-refractivity contribution in [2.75, 3.05) is 0 Å². The average Bonchev–Trinajstić information content (AvgIpc) is 2.47. The van der Waals surface area contributed by atoms with E-state index in [4.69, 9.17) is 0 Å². The molecule has 6 heteroatoms. The van der Waals surface area contributed by atoms with Crippen molar-refractivity contribution < 1.29 is 19.5 Å². The highest BCUT2D eigenvalue weighted by atomic mass is 16.4. The first-order valence-corrected chi connectivity index (χ1v) is 8.10. The maximum Gasteiger partial charge on any atom is 0.330 e. The molecule has 1 aromatic carbocycles. The highest BCUT2D eigenvalue weighted by molar-refractivity contribution is 5.85. The van der Waals surface area contributed by atoms with E-state index in [9.17, 15) is 19.5 Å². The standard InChI is InChI=1S/C18H26N2O4/c1-11(2)19-15(21)9-6-10-16(22)20-17(18(23)24)14-8-5-7-12(3)13(14)4/h5,7-8,11,17H,6,9-10H2,1-4H3,(H,19,21)(H,20,22)(H,23,24). The van der Waals surface area contributed by atoms with Crippen molar-refractivity contribution >= 4 is 17.8 Å². The highest BCUT2D eigenvalue weighted by Crippen LogP contribution is 2.21. The Labute approximate surface area is 142 Å². The molecular formula is C18H26N2O4. The number of carboxylic acids is 1. The summed E-state index contributed by atoms with van der Waals surface area (Å²) in [6, 6.07) is 4.36. The number of rotatable bonds is 8. The molecule has 1 atom stereocenters. The molecule has 1 aromatic rings. The average molecular weight is 334 g/mol. The number of benzene rings is 1. The fourth-order valence-corrected chi connectivity index (χ4v) is 2.40. The quantitative estimate of drug-likeness (QED) is 0.679. The predicted molar refractivity (Wildman–Crippen MR) is 91.6 cm³/mol. The van der Waals surface area contributed by atoms with Gasteiger partial charge in [0.15, 0.2) is 6.04 Å². The Morgan fingerprint density at radius 2 is 1.62 bits per heavy atom. The second-order valence-electron chi connectivity index (χ2n) is 6.20. The molecule has 1 unspecified atom stereocenters. The molecule has 0 heterocycles. The van der Waals surface area contributed by atoms with Crippen molar-refractivity contribution in [2.45, 2.75) is 59.0 Å². The molecule has 0 fully saturated rings. The molecule has 0 aliphatic carbocycles. The molecule has 132 valence electrons. The molecule has 0 aliphatic heterocycles. The normalized spacial score (nSPS) is 11.9. The van der Waals surface area contributed by atoms with E-state index in [-0.39, 0.29) is 30.7 Å². The smallest absolute Gasteiger partial charge is 0.330 e. The molecule has 0 bridgehead atoms. The maximum absolute atomic E-state index is 12.0. The number of hydrogen-bond donors (Lipinski definition) is 3. The second kappa shape index (κ2) is 9.05. The van der Waals surface area contributed by atoms with Gasteiger partial charge in [-0.1, -0.05) is 18.2 Å². The van der Waals surface area contributed by atoms with Crippen molar-refractivity contribution in [3.63, 3.8) is 0 Å². The van der Waals surface area contributed by atoms with Gasteiger partial charge in [0.2, 0.25) is 11.8 Å². The molecule has 0 aliphatic rings. The second-order valence-corrected chi connectivity index (χ2v) is 6.20. The lowest BCUT2D eigenvalue weighted by atomic mass is 9.97. The molecule has 0 spiro atoms. The van der Waals surface area contributed by atoms with Crippen LogP contribution >= 0.6 is 0 Å². The third-order valence-corrected chi connectivity index (χ3v) is 3.77. The molecule has 24 heavy (non-hydrogen) atoms. The first-order chi connectivity index (χ1) is 11.2. The number of amides is 2. The van der Waals surface area contributed by atoms with Crippen LogP contribution in [0.4, 0.5) is 0 Å². The molecule has 0 saturated carbocycles. The van der Waals surface area contributed by atoms with E-state index in [1.165, 1.54) is 0 Å². The van der Waals surface area contributed by atoms with Crippen LogP contribution in [0.5, 0.6) is 0 Å². The van der Waals surface area contributed by atoms with Gasteiger partial charge >= 0.3 is 5.97 Å². The van der Waals surface area contributed by atoms with Gasteiger partial charge in [-0.3, -0.25) is 9.59 Å². The number of carbonyl (C=O) groups is 3. The van der Waals surface area contributed by atoms with Crippen molar-refractivity contribution in [2.24, 2.45) is 0 Å². The van der Waals surface area contributed by atoms with E-state index in [2.05, 4.69) is 10.6 Å². The van der Waals surface area contributed by atoms with Gasteiger partial charge in [0.25, 0.3) is 0 Å². The van der Waals surface area contributed by atoms with Gasteiger partial charge < -0.3 is 15.7 Å². The molecule has 0 aromatic heterocycles. The minimum absolute atomic E-state index is 0.0620. The van der Waals surface area contributed by atoms with Crippen LogP contribution < -0.4 is 10.6 Å². The molecule has 3 N–H and O–H groups in total. The third kappa shape index (κ3) is 6.02. The van der Waals surface area contributed by atoms with Crippen molar-refractivity contribution in [3.8, 4) is 0 Å². The summed E-state index contributed by atoms with van der Waals surface area (Å²) in [5.74, 6) is -1.59. The van der Waals surface area contributed by atoms with E-state index in [0.29, 0.717) is 12.0 Å². The van der Waals surface area contributed by atoms with Crippen molar-refractivity contribution in [3.05, 3.63) is 34.9 Å². The van der Waals surface area contributed by atoms with Crippen LogP contribution in [-0.4, -0.2) is 28.9 Å². The number of aliphatic carboxylic acids is 1. The summed E-state index contributed by atoms with van der Waals surface area (Å²) in [5, 5.41) is 14.7. The zero-order valence-corrected chi connectivity index (χ0v) is 14.7. The summed E-state index contributed by atoms with van der Waals surface area (Å²) in [4.78, 5) is 35.1. The zero-order chi connectivity index (χ0) is 18.3. The summed E-state index contributed by atoms with van der Waals surface area (Å²) in [6.07, 6.45) is 0.733. The molecule has 6 nitrogen and oxygen atoms in total. The maximum atomic E-state index is 12.0. The van der Waals surface area contributed by atoms with Gasteiger partial charge in [-0.15, -0.1) is 0 Å². The minimum atomic E-state index is -1.10. The molecular weight excluding hydrogens is 308 g/mol. The summed E-state index contributed by atoms with van der Waals surface area (Å²) in [7, 11) is 0. The van der Waals surface area contributed by atoms with E-state index in [0.717, 1.165) is 11.1 Å². The van der Waals surface area contributed by atoms with Crippen molar-refractivity contribution in [1.29, 1.82) is 0 Å². The topological polar surface area (TPSA) is 95.5 Å². The van der Waals surface area contributed by atoms with E-state index >= 15 is 0 Å². The van der Waals surface area contributed by atoms with Crippen LogP contribution in [0, 0.1) is 13.8 Å². The van der Waals surface area contributed by atoms with Crippen LogP contribution in [0.3, 0.4) is 0 Å². The van der Waals surface area contributed by atoms with Gasteiger partial charge in [0.1, 0.15) is 0 Å². The third-order valence-electron chi connectivity index (χ3n) is 3.77. The van der Waals surface area contributed by atoms with Crippen LogP contribution in [0.15, 0.2) is 18.2 Å². The van der Waals surface area contributed by atoms with Crippen LogP contribution in [-0.2, 0) is 14.4 Å². The lowest BCUT2D eigenvalue weighted by Crippen LogP contribution is -2.34. The summed E-state index contributed by atoms with van der Waals surface area (Å²) >= 11 is 0. The van der Waals surface area contributed by atoms with Crippen molar-refractivity contribution in [1.82, 2.24) is 10.6 Å². The Kier molecular flexibility index (Phi) is 7.42. The van der Waals surface area contributed by atoms with Crippen LogP contribution in [0.1, 0.15) is 55.8 Å². The monoisotopic (exact) mass is 334 g/mol. The van der Waals surface area contributed by atoms with E-state index in [1.807, 2.05) is 33.8 Å². The zero-order valence-electron chi connectivity index (χ0n) is 14.7. The Bertz CT molecular complexity index is 611. The van der Waals surface area contributed by atoms with Gasteiger partial charge in [-0.2, -0.15) is 0 Å². The van der Waals surface area contributed by atoms with E-state index < -0.39 is 12.0 Å². The molecule has 0 saturated heterocycles. The summed E-state index contributed by atoms with van der Waals surface area (Å²) in [5.41, 5.74) is 2.40. The molecule has 2 amide bonds. The first-order valence-electron chi connectivity index (χ1n) is 8.10. The van der Waals surface area contributed by atoms with Gasteiger partial charge in [-0.25, -0.2) is 4.79 Å². The number of hydrogen-bond acceptors (Lipinski definition) is 3.